The highest BCUT2D eigenvalue weighted by molar-refractivity contribution is 9.10. The van der Waals surface area contributed by atoms with Gasteiger partial charge in [0, 0.05) is 6.54 Å². The van der Waals surface area contributed by atoms with Crippen LogP contribution in [0.5, 0.6) is 0 Å². The maximum atomic E-state index is 12.9. The summed E-state index contributed by atoms with van der Waals surface area (Å²) in [5.41, 5.74) is 1.00. The second kappa shape index (κ2) is 5.14. The van der Waals surface area contributed by atoms with Crippen LogP contribution in [-0.2, 0) is 6.54 Å². The molecule has 0 spiro atoms. The summed E-state index contributed by atoms with van der Waals surface area (Å²) < 4.78 is 13.3. The van der Waals surface area contributed by atoms with E-state index >= 15 is 0 Å². The van der Waals surface area contributed by atoms with E-state index in [1.165, 1.54) is 6.07 Å². The summed E-state index contributed by atoms with van der Waals surface area (Å²) >= 11 is 3.13. The average molecular weight is 256 g/mol. The molecular formula is C11H11BrFN. The van der Waals surface area contributed by atoms with E-state index in [1.54, 1.807) is 12.1 Å². The third-order valence-electron chi connectivity index (χ3n) is 1.85. The molecule has 3 heteroatoms. The number of terminal acetylenes is 1. The van der Waals surface area contributed by atoms with Crippen LogP contribution in [0.25, 0.3) is 0 Å². The standard InChI is InChI=1S/C11H11BrFN/c1-3-8(2)14-7-9-4-5-11(13)10(12)6-9/h1,4-6,8,14H,7H2,2H3. The smallest absolute Gasteiger partial charge is 0.137 e. The third kappa shape index (κ3) is 3.13. The van der Waals surface area contributed by atoms with Crippen LogP contribution < -0.4 is 5.32 Å². The molecule has 1 unspecified atom stereocenters. The van der Waals surface area contributed by atoms with Crippen LogP contribution in [-0.4, -0.2) is 6.04 Å². The molecule has 0 aliphatic rings. The highest BCUT2D eigenvalue weighted by atomic mass is 79.9. The topological polar surface area (TPSA) is 12.0 Å². The Morgan fingerprint density at radius 3 is 2.93 bits per heavy atom. The van der Waals surface area contributed by atoms with Crippen molar-refractivity contribution in [1.82, 2.24) is 5.32 Å². The maximum Gasteiger partial charge on any atom is 0.137 e. The molecular weight excluding hydrogens is 245 g/mol. The number of benzene rings is 1. The third-order valence-corrected chi connectivity index (χ3v) is 2.45. The lowest BCUT2D eigenvalue weighted by Gasteiger charge is -2.07. The van der Waals surface area contributed by atoms with Crippen molar-refractivity contribution in [2.24, 2.45) is 0 Å². The number of nitrogens with one attached hydrogen (secondary N) is 1. The molecule has 1 nitrogen and oxygen atoms in total. The van der Waals surface area contributed by atoms with Gasteiger partial charge in [0.1, 0.15) is 5.82 Å². The van der Waals surface area contributed by atoms with Crippen LogP contribution in [0.15, 0.2) is 22.7 Å². The van der Waals surface area contributed by atoms with Gasteiger partial charge in [-0.1, -0.05) is 12.0 Å². The van der Waals surface area contributed by atoms with Gasteiger partial charge in [-0.25, -0.2) is 4.39 Å². The van der Waals surface area contributed by atoms with Crippen molar-refractivity contribution in [2.75, 3.05) is 0 Å². The zero-order chi connectivity index (χ0) is 10.6. The summed E-state index contributed by atoms with van der Waals surface area (Å²) in [4.78, 5) is 0. The molecule has 1 atom stereocenters. The zero-order valence-corrected chi connectivity index (χ0v) is 9.44. The monoisotopic (exact) mass is 255 g/mol. The van der Waals surface area contributed by atoms with Crippen molar-refractivity contribution >= 4 is 15.9 Å². The second-order valence-electron chi connectivity index (χ2n) is 3.02. The molecule has 0 bridgehead atoms. The largest absolute Gasteiger partial charge is 0.300 e. The molecule has 1 aromatic rings. The normalized spacial score (nSPS) is 12.1. The first-order chi connectivity index (χ1) is 6.63. The van der Waals surface area contributed by atoms with E-state index in [4.69, 9.17) is 6.42 Å². The highest BCUT2D eigenvalue weighted by Crippen LogP contribution is 2.16. The molecule has 74 valence electrons. The summed E-state index contributed by atoms with van der Waals surface area (Å²) in [7, 11) is 0. The summed E-state index contributed by atoms with van der Waals surface area (Å²) in [6.45, 7) is 2.54. The van der Waals surface area contributed by atoms with Gasteiger partial charge in [0.15, 0.2) is 0 Å². The summed E-state index contributed by atoms with van der Waals surface area (Å²) in [5.74, 6) is 2.31. The minimum absolute atomic E-state index is 0.0267. The maximum absolute atomic E-state index is 12.9. The Balaban J connectivity index is 2.61. The van der Waals surface area contributed by atoms with Crippen LogP contribution >= 0.6 is 15.9 Å². The Morgan fingerprint density at radius 2 is 2.36 bits per heavy atom. The van der Waals surface area contributed by atoms with E-state index in [0.29, 0.717) is 11.0 Å². The van der Waals surface area contributed by atoms with Crippen LogP contribution in [0.4, 0.5) is 4.39 Å². The van der Waals surface area contributed by atoms with Crippen molar-refractivity contribution in [1.29, 1.82) is 0 Å². The fourth-order valence-corrected chi connectivity index (χ4v) is 1.41. The summed E-state index contributed by atoms with van der Waals surface area (Å²) in [5, 5.41) is 3.12. The summed E-state index contributed by atoms with van der Waals surface area (Å²) in [6, 6.07) is 4.93. The van der Waals surface area contributed by atoms with Crippen molar-refractivity contribution in [3.8, 4) is 12.3 Å². The minimum atomic E-state index is -0.251. The lowest BCUT2D eigenvalue weighted by atomic mass is 10.2. The Labute approximate surface area is 91.8 Å². The van der Waals surface area contributed by atoms with Gasteiger partial charge in [-0.05, 0) is 40.5 Å². The molecule has 0 aliphatic heterocycles. The van der Waals surface area contributed by atoms with Crippen molar-refractivity contribution in [3.63, 3.8) is 0 Å². The van der Waals surface area contributed by atoms with Gasteiger partial charge in [0.05, 0.1) is 10.5 Å². The fourth-order valence-electron chi connectivity index (χ4n) is 0.979. The zero-order valence-electron chi connectivity index (χ0n) is 7.85. The molecule has 1 aromatic carbocycles. The molecule has 0 heterocycles. The van der Waals surface area contributed by atoms with Gasteiger partial charge < -0.3 is 0 Å². The van der Waals surface area contributed by atoms with Gasteiger partial charge in [-0.15, -0.1) is 6.42 Å². The van der Waals surface area contributed by atoms with Crippen LogP contribution in [0.3, 0.4) is 0 Å². The molecule has 0 aliphatic carbocycles. The highest BCUT2D eigenvalue weighted by Gasteiger charge is 2.01. The molecule has 1 rings (SSSR count). The second-order valence-corrected chi connectivity index (χ2v) is 3.87. The van der Waals surface area contributed by atoms with Crippen molar-refractivity contribution in [2.45, 2.75) is 19.5 Å². The predicted octanol–water partition coefficient (Wildman–Crippen LogP) is 2.70. The Bertz CT molecular complexity index is 357. The van der Waals surface area contributed by atoms with E-state index in [9.17, 15) is 4.39 Å². The average Bonchev–Trinajstić information content (AvgIpc) is 2.19. The fraction of sp³-hybridized carbons (Fsp3) is 0.273. The molecule has 0 radical (unpaired) electrons. The van der Waals surface area contributed by atoms with Crippen LogP contribution in [0.1, 0.15) is 12.5 Å². The molecule has 0 amide bonds. The first-order valence-corrected chi connectivity index (χ1v) is 5.06. The molecule has 1 N–H and O–H groups in total. The molecule has 0 saturated carbocycles. The first-order valence-electron chi connectivity index (χ1n) is 4.27. The van der Waals surface area contributed by atoms with Crippen LogP contribution in [0, 0.1) is 18.2 Å². The number of hydrogen-bond acceptors (Lipinski definition) is 1. The Kier molecular flexibility index (Phi) is 4.12. The van der Waals surface area contributed by atoms with E-state index < -0.39 is 0 Å². The SMILES string of the molecule is C#CC(C)NCc1ccc(F)c(Br)c1. The lowest BCUT2D eigenvalue weighted by Crippen LogP contribution is -2.23. The first kappa shape index (κ1) is 11.2. The van der Waals surface area contributed by atoms with Gasteiger partial charge in [0.2, 0.25) is 0 Å². The summed E-state index contributed by atoms with van der Waals surface area (Å²) in [6.07, 6.45) is 5.21. The number of halogens is 2. The van der Waals surface area contributed by atoms with Gasteiger partial charge >= 0.3 is 0 Å². The number of hydrogen-bond donors (Lipinski definition) is 1. The van der Waals surface area contributed by atoms with Gasteiger partial charge in [-0.3, -0.25) is 5.32 Å². The van der Waals surface area contributed by atoms with E-state index in [2.05, 4.69) is 27.2 Å². The van der Waals surface area contributed by atoms with E-state index in [-0.39, 0.29) is 11.9 Å². The quantitative estimate of drug-likeness (QED) is 0.820. The van der Waals surface area contributed by atoms with Gasteiger partial charge in [0.25, 0.3) is 0 Å². The van der Waals surface area contributed by atoms with Crippen molar-refractivity contribution in [3.05, 3.63) is 34.1 Å². The molecule has 0 saturated heterocycles. The minimum Gasteiger partial charge on any atom is -0.300 e. The number of rotatable bonds is 3. The van der Waals surface area contributed by atoms with Crippen LogP contribution in [0.2, 0.25) is 0 Å². The Morgan fingerprint density at radius 1 is 1.64 bits per heavy atom. The van der Waals surface area contributed by atoms with Crippen molar-refractivity contribution < 1.29 is 4.39 Å². The van der Waals surface area contributed by atoms with E-state index in [1.807, 2.05) is 6.92 Å². The predicted molar refractivity (Wildman–Crippen MR) is 59.2 cm³/mol. The van der Waals surface area contributed by atoms with E-state index in [0.717, 1.165) is 5.56 Å². The molecule has 0 aromatic heterocycles. The lowest BCUT2D eigenvalue weighted by molar-refractivity contribution is 0.615. The van der Waals surface area contributed by atoms with Gasteiger partial charge in [-0.2, -0.15) is 0 Å². The molecule has 14 heavy (non-hydrogen) atoms. The molecule has 0 fully saturated rings. The Hall–Kier alpha value is -0.850.